The second-order valence-corrected chi connectivity index (χ2v) is 6.58. The van der Waals surface area contributed by atoms with E-state index in [4.69, 9.17) is 0 Å². The van der Waals surface area contributed by atoms with E-state index in [0.717, 1.165) is 34.5 Å². The molecule has 1 atom stereocenters. The number of aryl methyl sites for hydroxylation is 1. The van der Waals surface area contributed by atoms with Gasteiger partial charge in [-0.15, -0.1) is 0 Å². The van der Waals surface area contributed by atoms with E-state index in [1.54, 1.807) is 0 Å². The molecule has 0 radical (unpaired) electrons. The van der Waals surface area contributed by atoms with Gasteiger partial charge in [0.05, 0.1) is 18.2 Å². The summed E-state index contributed by atoms with van der Waals surface area (Å²) in [6.07, 6.45) is 0.882. The quantitative estimate of drug-likeness (QED) is 0.645. The number of aromatic nitrogens is 3. The van der Waals surface area contributed by atoms with Crippen molar-refractivity contribution in [3.05, 3.63) is 42.2 Å². The lowest BCUT2D eigenvalue weighted by atomic mass is 10.0. The Morgan fingerprint density at radius 3 is 2.58 bits per heavy atom. The van der Waals surface area contributed by atoms with Crippen LogP contribution in [0.25, 0.3) is 22.3 Å². The van der Waals surface area contributed by atoms with Gasteiger partial charge in [-0.2, -0.15) is 0 Å². The molecule has 0 saturated heterocycles. The number of H-pyrrole nitrogens is 1. The van der Waals surface area contributed by atoms with Crippen LogP contribution in [0.3, 0.4) is 0 Å². The number of nitrogens with zero attached hydrogens (tertiary/aromatic N) is 2. The van der Waals surface area contributed by atoms with E-state index >= 15 is 0 Å². The molecule has 3 rings (SSSR count). The largest absolute Gasteiger partial charge is 0.394 e. The van der Waals surface area contributed by atoms with E-state index in [-0.39, 0.29) is 12.6 Å². The topological polar surface area (TPSA) is 73.8 Å². The number of fused-ring (bicyclic) bond motifs is 1. The van der Waals surface area contributed by atoms with Crippen LogP contribution < -0.4 is 5.32 Å². The van der Waals surface area contributed by atoms with Crippen molar-refractivity contribution in [3.8, 4) is 11.3 Å². The summed E-state index contributed by atoms with van der Waals surface area (Å²) in [6, 6.07) is 12.2. The molecule has 0 aliphatic rings. The summed E-state index contributed by atoms with van der Waals surface area (Å²) in [6.45, 7) is 6.26. The van der Waals surface area contributed by atoms with Gasteiger partial charge in [0.15, 0.2) is 5.82 Å². The lowest BCUT2D eigenvalue weighted by Gasteiger charge is -2.19. The number of anilines is 1. The fourth-order valence-electron chi connectivity index (χ4n) is 2.95. The summed E-state index contributed by atoms with van der Waals surface area (Å²) in [5.41, 5.74) is 3.88. The molecule has 3 N–H and O–H groups in total. The maximum atomic E-state index is 9.64. The number of benzene rings is 1. The molecule has 2 heterocycles. The lowest BCUT2D eigenvalue weighted by Crippen LogP contribution is -2.26. The van der Waals surface area contributed by atoms with Crippen molar-refractivity contribution < 1.29 is 5.11 Å². The maximum Gasteiger partial charge on any atom is 0.154 e. The first-order valence-corrected chi connectivity index (χ1v) is 8.37. The van der Waals surface area contributed by atoms with Crippen LogP contribution >= 0.6 is 0 Å². The van der Waals surface area contributed by atoms with Gasteiger partial charge in [-0.25, -0.2) is 9.97 Å². The third-order valence-corrected chi connectivity index (χ3v) is 3.99. The molecule has 0 bridgehead atoms. The Balaban J connectivity index is 2.00. The molecule has 2 aromatic heterocycles. The molecular weight excluding hydrogens is 300 g/mol. The van der Waals surface area contributed by atoms with E-state index in [0.29, 0.717) is 11.7 Å². The fraction of sp³-hybridized carbons (Fsp3) is 0.368. The van der Waals surface area contributed by atoms with Crippen molar-refractivity contribution in [2.24, 2.45) is 5.92 Å². The second kappa shape index (κ2) is 7.01. The lowest BCUT2D eigenvalue weighted by molar-refractivity contribution is 0.259. The zero-order valence-electron chi connectivity index (χ0n) is 14.4. The van der Waals surface area contributed by atoms with Gasteiger partial charge in [-0.1, -0.05) is 44.2 Å². The highest BCUT2D eigenvalue weighted by atomic mass is 16.3. The summed E-state index contributed by atoms with van der Waals surface area (Å²) >= 11 is 0. The van der Waals surface area contributed by atoms with Gasteiger partial charge >= 0.3 is 0 Å². The number of hydrogen-bond acceptors (Lipinski definition) is 4. The van der Waals surface area contributed by atoms with Crippen molar-refractivity contribution in [1.29, 1.82) is 0 Å². The van der Waals surface area contributed by atoms with E-state index in [1.165, 1.54) is 0 Å². The Hall–Kier alpha value is -2.40. The van der Waals surface area contributed by atoms with Crippen LogP contribution in [0, 0.1) is 12.8 Å². The predicted octanol–water partition coefficient (Wildman–Crippen LogP) is 3.75. The Bertz CT molecular complexity index is 811. The van der Waals surface area contributed by atoms with E-state index in [2.05, 4.69) is 46.2 Å². The molecule has 3 aromatic rings. The van der Waals surface area contributed by atoms with Crippen LogP contribution in [0.2, 0.25) is 0 Å². The van der Waals surface area contributed by atoms with Gasteiger partial charge in [-0.3, -0.25) is 0 Å². The number of aliphatic hydroxyl groups is 1. The smallest absolute Gasteiger partial charge is 0.154 e. The molecule has 0 spiro atoms. The number of hydrogen-bond donors (Lipinski definition) is 3. The zero-order valence-corrected chi connectivity index (χ0v) is 14.4. The molecule has 0 fully saturated rings. The van der Waals surface area contributed by atoms with Gasteiger partial charge in [0.1, 0.15) is 11.3 Å². The first kappa shape index (κ1) is 16.5. The maximum absolute atomic E-state index is 9.64. The first-order valence-electron chi connectivity index (χ1n) is 8.37. The zero-order chi connectivity index (χ0) is 17.1. The average molecular weight is 324 g/mol. The Morgan fingerprint density at radius 2 is 1.92 bits per heavy atom. The van der Waals surface area contributed by atoms with Gasteiger partial charge in [-0.05, 0) is 30.9 Å². The summed E-state index contributed by atoms with van der Waals surface area (Å²) in [5, 5.41) is 13.0. The first-order chi connectivity index (χ1) is 11.6. The third-order valence-electron chi connectivity index (χ3n) is 3.99. The van der Waals surface area contributed by atoms with Crippen molar-refractivity contribution in [1.82, 2.24) is 15.0 Å². The Labute approximate surface area is 142 Å². The van der Waals surface area contributed by atoms with Gasteiger partial charge in [0, 0.05) is 5.69 Å². The fourth-order valence-corrected chi connectivity index (χ4v) is 2.95. The minimum absolute atomic E-state index is 0.0222. The summed E-state index contributed by atoms with van der Waals surface area (Å²) in [4.78, 5) is 12.5. The highest BCUT2D eigenvalue weighted by molar-refractivity contribution is 5.90. The highest BCUT2D eigenvalue weighted by Gasteiger charge is 2.15. The third kappa shape index (κ3) is 3.57. The molecule has 5 heteroatoms. The van der Waals surface area contributed by atoms with Gasteiger partial charge in [0.2, 0.25) is 0 Å². The molecule has 0 unspecified atom stereocenters. The monoisotopic (exact) mass is 324 g/mol. The minimum Gasteiger partial charge on any atom is -0.394 e. The van der Waals surface area contributed by atoms with Gasteiger partial charge in [0.25, 0.3) is 0 Å². The molecule has 1 aromatic carbocycles. The molecular formula is C19H24N4O. The number of aromatic amines is 1. The van der Waals surface area contributed by atoms with E-state index in [1.807, 2.05) is 31.2 Å². The standard InChI is InChI=1S/C19H24N4O/c1-12(2)9-15(11-24)22-19-18-17(20-13(3)21-19)10-16(23-18)14-7-5-4-6-8-14/h4-8,10,12,15,23-24H,9,11H2,1-3H3,(H,20,21,22)/t15-/m0/s1. The second-order valence-electron chi connectivity index (χ2n) is 6.58. The molecule has 5 nitrogen and oxygen atoms in total. The average Bonchev–Trinajstić information content (AvgIpc) is 2.98. The van der Waals surface area contributed by atoms with Crippen LogP contribution in [0.1, 0.15) is 26.1 Å². The molecule has 0 amide bonds. The van der Waals surface area contributed by atoms with Crippen LogP contribution in [0.5, 0.6) is 0 Å². The number of aliphatic hydroxyl groups excluding tert-OH is 1. The number of rotatable bonds is 6. The molecule has 0 aliphatic carbocycles. The van der Waals surface area contributed by atoms with Gasteiger partial charge < -0.3 is 15.4 Å². The van der Waals surface area contributed by atoms with Crippen molar-refractivity contribution >= 4 is 16.9 Å². The van der Waals surface area contributed by atoms with Crippen LogP contribution in [-0.2, 0) is 0 Å². The van der Waals surface area contributed by atoms with Crippen molar-refractivity contribution in [2.75, 3.05) is 11.9 Å². The van der Waals surface area contributed by atoms with E-state index < -0.39 is 0 Å². The molecule has 0 aliphatic heterocycles. The summed E-state index contributed by atoms with van der Waals surface area (Å²) in [7, 11) is 0. The van der Waals surface area contributed by atoms with Crippen molar-refractivity contribution in [3.63, 3.8) is 0 Å². The van der Waals surface area contributed by atoms with E-state index in [9.17, 15) is 5.11 Å². The molecule has 126 valence electrons. The van der Waals surface area contributed by atoms with Crippen molar-refractivity contribution in [2.45, 2.75) is 33.2 Å². The normalized spacial score (nSPS) is 12.7. The molecule has 0 saturated carbocycles. The summed E-state index contributed by atoms with van der Waals surface area (Å²) < 4.78 is 0. The van der Waals surface area contributed by atoms with Crippen LogP contribution in [0.4, 0.5) is 5.82 Å². The minimum atomic E-state index is -0.0222. The van der Waals surface area contributed by atoms with Crippen LogP contribution in [0.15, 0.2) is 36.4 Å². The van der Waals surface area contributed by atoms with Crippen LogP contribution in [-0.4, -0.2) is 32.7 Å². The Morgan fingerprint density at radius 1 is 1.17 bits per heavy atom. The highest BCUT2D eigenvalue weighted by Crippen LogP contribution is 2.27. The Kier molecular flexibility index (Phi) is 4.81. The predicted molar refractivity (Wildman–Crippen MR) is 98.0 cm³/mol. The number of nitrogens with one attached hydrogen (secondary N) is 2. The SMILES string of the molecule is Cc1nc(N[C@H](CO)CC(C)C)c2[nH]c(-c3ccccc3)cc2n1. The summed E-state index contributed by atoms with van der Waals surface area (Å²) in [5.74, 6) is 1.96. The molecule has 24 heavy (non-hydrogen) atoms.